The molecule has 1 aromatic heterocycles. The van der Waals surface area contributed by atoms with Gasteiger partial charge >= 0.3 is 0 Å². The normalized spacial score (nSPS) is 12.0. The molecule has 0 unspecified atom stereocenters. The van der Waals surface area contributed by atoms with E-state index >= 15 is 0 Å². The molecule has 1 aliphatic rings. The maximum Gasteiger partial charge on any atom is 0.178 e. The third kappa shape index (κ3) is 2.69. The summed E-state index contributed by atoms with van der Waals surface area (Å²) in [6.07, 6.45) is 0. The lowest BCUT2D eigenvalue weighted by molar-refractivity contribution is 0.508. The highest BCUT2D eigenvalue weighted by Crippen LogP contribution is 2.52. The van der Waals surface area contributed by atoms with E-state index in [1.807, 2.05) is 6.07 Å². The molecule has 0 saturated heterocycles. The average Bonchev–Trinajstić information content (AvgIpc) is 2.99. The molecule has 114 valence electrons. The number of hydrogen-bond donors (Lipinski definition) is 0. The number of allylic oxidation sites excluding steroid dienone is 1. The summed E-state index contributed by atoms with van der Waals surface area (Å²) in [5, 5.41) is 28.1. The zero-order valence-corrected chi connectivity index (χ0v) is 13.2. The van der Waals surface area contributed by atoms with Crippen LogP contribution in [0.4, 0.5) is 8.78 Å². The molecule has 9 heteroatoms. The van der Waals surface area contributed by atoms with Gasteiger partial charge in [-0.05, 0) is 17.7 Å². The standard InChI is InChI=1S/C15H3F2N5S2/c16-9-2-1-7(3-10(9)17)8(4-18)15-23-13-14(24-15)22-12(6-20)11(5-19)21-13/h1-3H. The van der Waals surface area contributed by atoms with Crippen molar-refractivity contribution in [3.05, 3.63) is 51.0 Å². The molecule has 0 spiro atoms. The Bertz CT molecular complexity index is 983. The second kappa shape index (κ2) is 6.29. The van der Waals surface area contributed by atoms with Crippen LogP contribution in [0, 0.1) is 45.6 Å². The summed E-state index contributed by atoms with van der Waals surface area (Å²) >= 11 is 2.18. The minimum Gasteiger partial charge on any atom is -0.224 e. The van der Waals surface area contributed by atoms with Gasteiger partial charge < -0.3 is 0 Å². The molecule has 0 atom stereocenters. The molecule has 0 radical (unpaired) electrons. The number of benzene rings is 1. The Morgan fingerprint density at radius 2 is 1.50 bits per heavy atom. The number of halogens is 2. The highest BCUT2D eigenvalue weighted by molar-refractivity contribution is 8.24. The summed E-state index contributed by atoms with van der Waals surface area (Å²) in [7, 11) is 0. The molecule has 1 aliphatic heterocycles. The minimum atomic E-state index is -1.05. The van der Waals surface area contributed by atoms with Crippen molar-refractivity contribution in [1.29, 1.82) is 15.8 Å². The summed E-state index contributed by atoms with van der Waals surface area (Å²) in [6, 6.07) is 8.72. The Hall–Kier alpha value is -2.93. The lowest BCUT2D eigenvalue weighted by Gasteiger charge is -2.03. The van der Waals surface area contributed by atoms with Crippen LogP contribution in [0.15, 0.2) is 32.5 Å². The molecule has 0 bridgehead atoms. The van der Waals surface area contributed by atoms with Gasteiger partial charge in [-0.25, -0.2) is 18.7 Å². The average molecular weight is 355 g/mol. The fraction of sp³-hybridized carbons (Fsp3) is 0. The molecule has 2 aromatic rings. The quantitative estimate of drug-likeness (QED) is 0.721. The number of thioether (sulfide) groups is 2. The zero-order chi connectivity index (χ0) is 17.3. The Morgan fingerprint density at radius 3 is 1.96 bits per heavy atom. The Kier molecular flexibility index (Phi) is 4.18. The van der Waals surface area contributed by atoms with Crippen molar-refractivity contribution < 1.29 is 8.78 Å². The van der Waals surface area contributed by atoms with Crippen LogP contribution in [0.1, 0.15) is 17.0 Å². The predicted molar refractivity (Wildman–Crippen MR) is 82.1 cm³/mol. The first-order valence-electron chi connectivity index (χ1n) is 6.25. The maximum absolute atomic E-state index is 13.4. The smallest absolute Gasteiger partial charge is 0.178 e. The van der Waals surface area contributed by atoms with E-state index in [1.54, 1.807) is 12.1 Å². The van der Waals surface area contributed by atoms with Crippen LogP contribution >= 0.6 is 23.5 Å². The molecule has 24 heavy (non-hydrogen) atoms. The molecular weight excluding hydrogens is 352 g/mol. The molecule has 0 saturated carbocycles. The fourth-order valence-electron chi connectivity index (χ4n) is 1.87. The van der Waals surface area contributed by atoms with Crippen LogP contribution in [0.2, 0.25) is 0 Å². The second-order valence-corrected chi connectivity index (χ2v) is 6.62. The van der Waals surface area contributed by atoms with Crippen molar-refractivity contribution in [2.45, 2.75) is 10.1 Å². The van der Waals surface area contributed by atoms with Crippen molar-refractivity contribution in [3.63, 3.8) is 0 Å². The number of nitrogens with zero attached hydrogens (tertiary/aromatic N) is 5. The van der Waals surface area contributed by atoms with E-state index in [0.29, 0.717) is 14.3 Å². The monoisotopic (exact) mass is 355 g/mol. The number of fused-ring (bicyclic) bond motifs is 1. The van der Waals surface area contributed by atoms with Gasteiger partial charge in [-0.15, -0.1) is 0 Å². The summed E-state index contributed by atoms with van der Waals surface area (Å²) in [6.45, 7) is 0. The first-order valence-corrected chi connectivity index (χ1v) is 7.88. The fourth-order valence-corrected chi connectivity index (χ4v) is 4.18. The number of hydrogen-bond acceptors (Lipinski definition) is 7. The maximum atomic E-state index is 13.4. The first-order chi connectivity index (χ1) is 11.6. The van der Waals surface area contributed by atoms with E-state index in [4.69, 9.17) is 10.5 Å². The molecular formula is C15H3F2N5S2. The Morgan fingerprint density at radius 1 is 0.917 bits per heavy atom. The zero-order valence-electron chi connectivity index (χ0n) is 11.5. The van der Waals surface area contributed by atoms with E-state index < -0.39 is 11.6 Å². The van der Waals surface area contributed by atoms with Crippen LogP contribution in [-0.2, 0) is 0 Å². The highest BCUT2D eigenvalue weighted by Gasteiger charge is 2.27. The van der Waals surface area contributed by atoms with Crippen LogP contribution in [-0.4, -0.2) is 9.97 Å². The molecule has 0 amide bonds. The van der Waals surface area contributed by atoms with Gasteiger partial charge in [0.15, 0.2) is 23.0 Å². The molecule has 0 N–H and O–H groups in total. The summed E-state index contributed by atoms with van der Waals surface area (Å²) in [5.41, 5.74) is 0.162. The topological polar surface area (TPSA) is 97.1 Å². The Balaban J connectivity index is 2.08. The third-order valence-electron chi connectivity index (χ3n) is 2.95. The van der Waals surface area contributed by atoms with E-state index in [-0.39, 0.29) is 22.5 Å². The van der Waals surface area contributed by atoms with Gasteiger partial charge in [0, 0.05) is 0 Å². The molecule has 2 heterocycles. The van der Waals surface area contributed by atoms with Crippen LogP contribution < -0.4 is 0 Å². The van der Waals surface area contributed by atoms with Crippen molar-refractivity contribution >= 4 is 29.1 Å². The largest absolute Gasteiger partial charge is 0.224 e. The van der Waals surface area contributed by atoms with Crippen molar-refractivity contribution in [1.82, 2.24) is 9.97 Å². The Labute approximate surface area is 143 Å². The van der Waals surface area contributed by atoms with Crippen molar-refractivity contribution in [2.24, 2.45) is 0 Å². The van der Waals surface area contributed by atoms with E-state index in [1.165, 1.54) is 6.07 Å². The first kappa shape index (κ1) is 15.9. The van der Waals surface area contributed by atoms with Crippen LogP contribution in [0.25, 0.3) is 5.57 Å². The van der Waals surface area contributed by atoms with Crippen LogP contribution in [0.5, 0.6) is 0 Å². The van der Waals surface area contributed by atoms with Gasteiger partial charge in [0.05, 0.1) is 9.81 Å². The molecule has 3 rings (SSSR count). The molecule has 0 aliphatic carbocycles. The van der Waals surface area contributed by atoms with Gasteiger partial charge in [0.1, 0.15) is 28.3 Å². The van der Waals surface area contributed by atoms with Crippen LogP contribution in [0.3, 0.4) is 0 Å². The summed E-state index contributed by atoms with van der Waals surface area (Å²) in [5.74, 6) is -2.06. The van der Waals surface area contributed by atoms with Gasteiger partial charge in [-0.2, -0.15) is 15.8 Å². The second-order valence-electron chi connectivity index (χ2n) is 4.36. The molecule has 5 nitrogen and oxygen atoms in total. The lowest BCUT2D eigenvalue weighted by Crippen LogP contribution is -1.96. The van der Waals surface area contributed by atoms with E-state index in [9.17, 15) is 14.0 Å². The number of rotatable bonds is 1. The SMILES string of the molecule is N#CC(=C1Sc2nc(C#N)c(C#N)nc2S1)c1ccc(F)c(F)c1. The van der Waals surface area contributed by atoms with Gasteiger partial charge in [-0.3, -0.25) is 0 Å². The third-order valence-corrected chi connectivity index (χ3v) is 5.31. The summed E-state index contributed by atoms with van der Waals surface area (Å²) < 4.78 is 26.9. The summed E-state index contributed by atoms with van der Waals surface area (Å²) in [4.78, 5) is 8.11. The number of aromatic nitrogens is 2. The number of nitriles is 3. The van der Waals surface area contributed by atoms with Crippen molar-refractivity contribution in [3.8, 4) is 18.2 Å². The predicted octanol–water partition coefficient (Wildman–Crippen LogP) is 3.59. The van der Waals surface area contributed by atoms with Gasteiger partial charge in [-0.1, -0.05) is 29.6 Å². The molecule has 0 fully saturated rings. The van der Waals surface area contributed by atoms with E-state index in [0.717, 1.165) is 35.7 Å². The minimum absolute atomic E-state index is 0.100. The van der Waals surface area contributed by atoms with E-state index in [2.05, 4.69) is 9.97 Å². The highest BCUT2D eigenvalue weighted by atomic mass is 32.2. The van der Waals surface area contributed by atoms with Crippen molar-refractivity contribution in [2.75, 3.05) is 0 Å². The molecule has 1 aromatic carbocycles. The van der Waals surface area contributed by atoms with Gasteiger partial charge in [0.2, 0.25) is 0 Å². The van der Waals surface area contributed by atoms with Gasteiger partial charge in [0.25, 0.3) is 0 Å². The lowest BCUT2D eigenvalue weighted by atomic mass is 10.1.